The van der Waals surface area contributed by atoms with Crippen LogP contribution in [-0.4, -0.2) is 35.7 Å². The van der Waals surface area contributed by atoms with Crippen LogP contribution < -0.4 is 5.73 Å². The van der Waals surface area contributed by atoms with E-state index in [2.05, 4.69) is 24.0 Å². The van der Waals surface area contributed by atoms with E-state index in [0.29, 0.717) is 11.0 Å². The summed E-state index contributed by atoms with van der Waals surface area (Å²) in [5.41, 5.74) is 7.88. The van der Waals surface area contributed by atoms with Crippen LogP contribution in [0.1, 0.15) is 24.5 Å². The molecule has 2 N–H and O–H groups in total. The van der Waals surface area contributed by atoms with Crippen molar-refractivity contribution in [3.05, 3.63) is 35.4 Å². The zero-order chi connectivity index (χ0) is 13.0. The Kier molecular flexibility index (Phi) is 4.69. The number of thiocarbonyl (C=S) groups is 1. The number of benzene rings is 1. The van der Waals surface area contributed by atoms with E-state index in [4.69, 9.17) is 22.7 Å². The summed E-state index contributed by atoms with van der Waals surface area (Å²) in [4.78, 5) is 2.94. The van der Waals surface area contributed by atoms with E-state index in [1.165, 1.54) is 5.56 Å². The highest BCUT2D eigenvalue weighted by Crippen LogP contribution is 2.15. The van der Waals surface area contributed by atoms with Gasteiger partial charge in [-0.2, -0.15) is 0 Å². The standard InChI is InChI=1S/C14H20N2OS/c1-2-13-10-17-7-6-16(13)9-11-4-3-5-12(8-11)14(15)18/h3-5,8,13H,2,6-7,9-10H2,1H3,(H2,15,18). The molecule has 0 saturated carbocycles. The maximum absolute atomic E-state index is 5.67. The molecule has 1 aliphatic heterocycles. The zero-order valence-electron chi connectivity index (χ0n) is 10.8. The highest BCUT2D eigenvalue weighted by molar-refractivity contribution is 7.80. The van der Waals surface area contributed by atoms with Crippen LogP contribution in [0.2, 0.25) is 0 Å². The molecule has 1 atom stereocenters. The number of nitrogens with two attached hydrogens (primary N) is 1. The van der Waals surface area contributed by atoms with Crippen LogP contribution in [0.3, 0.4) is 0 Å². The molecule has 0 aromatic heterocycles. The third kappa shape index (κ3) is 3.28. The van der Waals surface area contributed by atoms with Crippen molar-refractivity contribution in [3.63, 3.8) is 0 Å². The Morgan fingerprint density at radius 3 is 3.11 bits per heavy atom. The maximum atomic E-state index is 5.67. The fourth-order valence-electron chi connectivity index (χ4n) is 2.33. The van der Waals surface area contributed by atoms with Gasteiger partial charge in [-0.05, 0) is 18.1 Å². The van der Waals surface area contributed by atoms with Crippen molar-refractivity contribution in [2.75, 3.05) is 19.8 Å². The molecule has 1 unspecified atom stereocenters. The maximum Gasteiger partial charge on any atom is 0.103 e. The van der Waals surface area contributed by atoms with Gasteiger partial charge >= 0.3 is 0 Å². The molecule has 0 aliphatic carbocycles. The summed E-state index contributed by atoms with van der Waals surface area (Å²) >= 11 is 5.02. The number of ether oxygens (including phenoxy) is 1. The fraction of sp³-hybridized carbons (Fsp3) is 0.500. The molecule has 4 heteroatoms. The SMILES string of the molecule is CCC1COCCN1Cc1cccc(C(N)=S)c1. The molecule has 0 bridgehead atoms. The van der Waals surface area contributed by atoms with Gasteiger partial charge in [0.2, 0.25) is 0 Å². The zero-order valence-corrected chi connectivity index (χ0v) is 11.6. The predicted octanol–water partition coefficient (Wildman–Crippen LogP) is 1.93. The van der Waals surface area contributed by atoms with Crippen molar-refractivity contribution in [2.24, 2.45) is 5.73 Å². The quantitative estimate of drug-likeness (QED) is 0.843. The Morgan fingerprint density at radius 2 is 2.39 bits per heavy atom. The van der Waals surface area contributed by atoms with Crippen molar-refractivity contribution in [3.8, 4) is 0 Å². The minimum atomic E-state index is 0.464. The number of rotatable bonds is 4. The van der Waals surface area contributed by atoms with Crippen molar-refractivity contribution in [2.45, 2.75) is 25.9 Å². The van der Waals surface area contributed by atoms with Gasteiger partial charge in [0.05, 0.1) is 13.2 Å². The summed E-state index contributed by atoms with van der Waals surface area (Å²) in [6, 6.07) is 8.72. The molecule has 1 fully saturated rings. The molecular formula is C14H20N2OS. The summed E-state index contributed by atoms with van der Waals surface area (Å²) in [6.07, 6.45) is 1.12. The summed E-state index contributed by atoms with van der Waals surface area (Å²) < 4.78 is 5.52. The molecular weight excluding hydrogens is 244 g/mol. The second-order valence-corrected chi connectivity index (χ2v) is 5.11. The second-order valence-electron chi connectivity index (χ2n) is 4.67. The van der Waals surface area contributed by atoms with Gasteiger partial charge in [0.15, 0.2) is 0 Å². The molecule has 1 aliphatic rings. The van der Waals surface area contributed by atoms with Crippen molar-refractivity contribution < 1.29 is 4.74 Å². The Labute approximate surface area is 114 Å². The monoisotopic (exact) mass is 264 g/mol. The van der Waals surface area contributed by atoms with Crippen molar-refractivity contribution in [1.29, 1.82) is 0 Å². The summed E-state index contributed by atoms with van der Waals surface area (Å²) in [7, 11) is 0. The highest BCUT2D eigenvalue weighted by atomic mass is 32.1. The van der Waals surface area contributed by atoms with Crippen molar-refractivity contribution >= 4 is 17.2 Å². The third-order valence-electron chi connectivity index (χ3n) is 3.42. The molecule has 1 heterocycles. The predicted molar refractivity (Wildman–Crippen MR) is 77.6 cm³/mol. The largest absolute Gasteiger partial charge is 0.389 e. The smallest absolute Gasteiger partial charge is 0.103 e. The average molecular weight is 264 g/mol. The number of hydrogen-bond acceptors (Lipinski definition) is 3. The van der Waals surface area contributed by atoms with Crippen LogP contribution in [0.15, 0.2) is 24.3 Å². The summed E-state index contributed by atoms with van der Waals surface area (Å²) in [5.74, 6) is 0. The molecule has 0 amide bonds. The van der Waals surface area contributed by atoms with Crippen LogP contribution in [0, 0.1) is 0 Å². The molecule has 1 aromatic carbocycles. The van der Waals surface area contributed by atoms with E-state index in [1.807, 2.05) is 12.1 Å². The number of morpholine rings is 1. The highest BCUT2D eigenvalue weighted by Gasteiger charge is 2.21. The van der Waals surface area contributed by atoms with Gasteiger partial charge in [-0.3, -0.25) is 4.90 Å². The Balaban J connectivity index is 2.07. The molecule has 3 nitrogen and oxygen atoms in total. The summed E-state index contributed by atoms with van der Waals surface area (Å²) in [6.45, 7) is 5.81. The van der Waals surface area contributed by atoms with Crippen LogP contribution in [0.25, 0.3) is 0 Å². The topological polar surface area (TPSA) is 38.5 Å². The van der Waals surface area contributed by atoms with Crippen LogP contribution in [0.4, 0.5) is 0 Å². The molecule has 2 rings (SSSR count). The molecule has 18 heavy (non-hydrogen) atoms. The van der Waals surface area contributed by atoms with Crippen molar-refractivity contribution in [1.82, 2.24) is 4.90 Å². The van der Waals surface area contributed by atoms with Gasteiger partial charge in [-0.1, -0.05) is 37.3 Å². The van der Waals surface area contributed by atoms with E-state index < -0.39 is 0 Å². The lowest BCUT2D eigenvalue weighted by Crippen LogP contribution is -2.44. The van der Waals surface area contributed by atoms with Gasteiger partial charge in [-0.15, -0.1) is 0 Å². The van der Waals surface area contributed by atoms with E-state index in [-0.39, 0.29) is 0 Å². The lowest BCUT2D eigenvalue weighted by Gasteiger charge is -2.35. The number of hydrogen-bond donors (Lipinski definition) is 1. The summed E-state index contributed by atoms with van der Waals surface area (Å²) in [5, 5.41) is 0. The second kappa shape index (κ2) is 6.27. The van der Waals surface area contributed by atoms with E-state index >= 15 is 0 Å². The Bertz CT molecular complexity index is 422. The van der Waals surface area contributed by atoms with Gasteiger partial charge in [0.1, 0.15) is 4.99 Å². The van der Waals surface area contributed by atoms with E-state index in [1.54, 1.807) is 0 Å². The van der Waals surface area contributed by atoms with Gasteiger partial charge in [0, 0.05) is 24.7 Å². The molecule has 0 radical (unpaired) electrons. The molecule has 0 spiro atoms. The first-order valence-electron chi connectivity index (χ1n) is 6.41. The van der Waals surface area contributed by atoms with E-state index in [9.17, 15) is 0 Å². The first-order chi connectivity index (χ1) is 8.70. The molecule has 1 aromatic rings. The Morgan fingerprint density at radius 1 is 1.56 bits per heavy atom. The van der Waals surface area contributed by atoms with Gasteiger partial charge in [0.25, 0.3) is 0 Å². The van der Waals surface area contributed by atoms with Crippen LogP contribution >= 0.6 is 12.2 Å². The molecule has 1 saturated heterocycles. The molecule has 98 valence electrons. The lowest BCUT2D eigenvalue weighted by molar-refractivity contribution is -0.0127. The lowest BCUT2D eigenvalue weighted by atomic mass is 10.1. The number of nitrogens with zero attached hydrogens (tertiary/aromatic N) is 1. The van der Waals surface area contributed by atoms with Gasteiger partial charge in [-0.25, -0.2) is 0 Å². The van der Waals surface area contributed by atoms with Crippen LogP contribution in [-0.2, 0) is 11.3 Å². The minimum absolute atomic E-state index is 0.464. The van der Waals surface area contributed by atoms with E-state index in [0.717, 1.165) is 38.3 Å². The fourth-order valence-corrected chi connectivity index (χ4v) is 2.46. The van der Waals surface area contributed by atoms with Gasteiger partial charge < -0.3 is 10.5 Å². The first-order valence-corrected chi connectivity index (χ1v) is 6.82. The average Bonchev–Trinajstić information content (AvgIpc) is 2.39. The normalized spacial score (nSPS) is 20.8. The van der Waals surface area contributed by atoms with Crippen LogP contribution in [0.5, 0.6) is 0 Å². The minimum Gasteiger partial charge on any atom is -0.389 e. The Hall–Kier alpha value is -0.970. The first kappa shape index (κ1) is 13.5. The third-order valence-corrected chi connectivity index (χ3v) is 3.65.